The van der Waals surface area contributed by atoms with Crippen molar-refractivity contribution in [1.29, 1.82) is 0 Å². The van der Waals surface area contributed by atoms with E-state index in [1.807, 2.05) is 6.26 Å². The Morgan fingerprint density at radius 2 is 2.00 bits per heavy atom. The molecule has 16 heavy (non-hydrogen) atoms. The predicted octanol–water partition coefficient (Wildman–Crippen LogP) is 2.17. The molecule has 0 fully saturated rings. The Morgan fingerprint density at radius 1 is 1.25 bits per heavy atom. The molecule has 0 spiro atoms. The minimum atomic E-state index is -0.934. The number of carboxylic acids is 1. The van der Waals surface area contributed by atoms with Gasteiger partial charge in [0.2, 0.25) is 0 Å². The van der Waals surface area contributed by atoms with E-state index in [9.17, 15) is 4.79 Å². The minimum absolute atomic E-state index is 0.205. The Morgan fingerprint density at radius 3 is 2.69 bits per heavy atom. The Kier molecular flexibility index (Phi) is 3.43. The molecule has 0 radical (unpaired) electrons. The van der Waals surface area contributed by atoms with Gasteiger partial charge in [-0.05, 0) is 31.9 Å². The summed E-state index contributed by atoms with van der Waals surface area (Å²) in [6, 6.07) is 0. The monoisotopic (exact) mass is 238 g/mol. The van der Waals surface area contributed by atoms with Crippen LogP contribution in [0.1, 0.15) is 41.0 Å². The van der Waals surface area contributed by atoms with Crippen molar-refractivity contribution in [3.8, 4) is 0 Å². The van der Waals surface area contributed by atoms with Crippen LogP contribution in [0.2, 0.25) is 0 Å². The van der Waals surface area contributed by atoms with Crippen LogP contribution in [-0.2, 0) is 12.8 Å². The quantitative estimate of drug-likeness (QED) is 0.486. The maximum absolute atomic E-state index is 11.2. The topological polar surface area (TPSA) is 63.1 Å². The third kappa shape index (κ3) is 2.19. The molecule has 0 unspecified atom stereocenters. The number of fused-ring (bicyclic) bond motifs is 1. The van der Waals surface area contributed by atoms with Crippen molar-refractivity contribution < 1.29 is 9.90 Å². The van der Waals surface area contributed by atoms with Gasteiger partial charge in [0.25, 0.3) is 0 Å². The lowest BCUT2D eigenvalue weighted by Crippen LogP contribution is -2.11. The van der Waals surface area contributed by atoms with E-state index in [1.54, 1.807) is 0 Å². The first-order chi connectivity index (χ1) is 7.72. The molecule has 0 amide bonds. The van der Waals surface area contributed by atoms with Crippen LogP contribution >= 0.6 is 11.8 Å². The average molecular weight is 238 g/mol. The van der Waals surface area contributed by atoms with Crippen molar-refractivity contribution >= 4 is 17.7 Å². The van der Waals surface area contributed by atoms with Gasteiger partial charge in [-0.3, -0.25) is 0 Å². The number of rotatable bonds is 2. The molecule has 0 aliphatic heterocycles. The highest BCUT2D eigenvalue weighted by atomic mass is 32.2. The summed E-state index contributed by atoms with van der Waals surface area (Å²) in [5, 5.41) is 9.72. The summed E-state index contributed by atoms with van der Waals surface area (Å²) in [5.74, 6) is -0.934. The van der Waals surface area contributed by atoms with Gasteiger partial charge in [0, 0.05) is 11.3 Å². The van der Waals surface area contributed by atoms with E-state index in [0.29, 0.717) is 5.16 Å². The van der Waals surface area contributed by atoms with E-state index < -0.39 is 5.97 Å². The summed E-state index contributed by atoms with van der Waals surface area (Å²) in [5.41, 5.74) is 1.99. The summed E-state index contributed by atoms with van der Waals surface area (Å²) in [7, 11) is 0. The van der Waals surface area contributed by atoms with Crippen molar-refractivity contribution in [3.63, 3.8) is 0 Å². The number of carboxylic acid groups (broad SMARTS) is 1. The number of thioether (sulfide) groups is 1. The lowest BCUT2D eigenvalue weighted by molar-refractivity contribution is 0.0687. The fourth-order valence-electron chi connectivity index (χ4n) is 2.02. The molecule has 5 heteroatoms. The van der Waals surface area contributed by atoms with E-state index in [2.05, 4.69) is 9.97 Å². The van der Waals surface area contributed by atoms with Crippen LogP contribution in [0.4, 0.5) is 0 Å². The molecule has 0 saturated heterocycles. The number of nitrogens with zero attached hydrogens (tertiary/aromatic N) is 2. The molecule has 86 valence electrons. The summed E-state index contributed by atoms with van der Waals surface area (Å²) < 4.78 is 0. The van der Waals surface area contributed by atoms with Gasteiger partial charge >= 0.3 is 5.97 Å². The molecule has 0 atom stereocenters. The molecule has 1 aromatic rings. The predicted molar refractivity (Wildman–Crippen MR) is 62.0 cm³/mol. The Bertz CT molecular complexity index is 421. The van der Waals surface area contributed by atoms with Gasteiger partial charge in [0.15, 0.2) is 10.9 Å². The molecule has 0 bridgehead atoms. The Labute approximate surface area is 98.5 Å². The smallest absolute Gasteiger partial charge is 0.354 e. The number of hydrogen-bond acceptors (Lipinski definition) is 4. The second-order valence-corrected chi connectivity index (χ2v) is 4.62. The third-order valence-electron chi connectivity index (χ3n) is 2.80. The Balaban J connectivity index is 2.53. The number of hydrogen-bond donors (Lipinski definition) is 1. The van der Waals surface area contributed by atoms with Crippen molar-refractivity contribution in [2.24, 2.45) is 0 Å². The molecule has 2 rings (SSSR count). The first-order valence-electron chi connectivity index (χ1n) is 5.39. The highest BCUT2D eigenvalue weighted by Gasteiger charge is 2.20. The maximum atomic E-state index is 11.2. The summed E-state index contributed by atoms with van der Waals surface area (Å²) in [6.45, 7) is 0. The van der Waals surface area contributed by atoms with Crippen molar-refractivity contribution in [1.82, 2.24) is 9.97 Å². The highest BCUT2D eigenvalue weighted by Crippen LogP contribution is 2.23. The molecule has 4 nitrogen and oxygen atoms in total. The van der Waals surface area contributed by atoms with E-state index in [-0.39, 0.29) is 5.69 Å². The average Bonchev–Trinajstić information content (AvgIpc) is 2.52. The second-order valence-electron chi connectivity index (χ2n) is 3.85. The summed E-state index contributed by atoms with van der Waals surface area (Å²) in [6.07, 6.45) is 6.82. The van der Waals surface area contributed by atoms with E-state index in [4.69, 9.17) is 5.11 Å². The minimum Gasteiger partial charge on any atom is -0.476 e. The van der Waals surface area contributed by atoms with Crippen molar-refractivity contribution in [2.75, 3.05) is 6.26 Å². The summed E-state index contributed by atoms with van der Waals surface area (Å²) in [4.78, 5) is 19.7. The fraction of sp³-hybridized carbons (Fsp3) is 0.545. The van der Waals surface area contributed by atoms with Gasteiger partial charge in [-0.2, -0.15) is 0 Å². The first-order valence-corrected chi connectivity index (χ1v) is 6.62. The number of aryl methyl sites for hydroxylation is 1. The number of carbonyl (C=O) groups is 1. The van der Waals surface area contributed by atoms with E-state index in [1.165, 1.54) is 11.8 Å². The van der Waals surface area contributed by atoms with Crippen molar-refractivity contribution in [2.45, 2.75) is 37.3 Å². The molecule has 1 aliphatic carbocycles. The first kappa shape index (κ1) is 11.4. The van der Waals surface area contributed by atoms with Gasteiger partial charge in [0.1, 0.15) is 0 Å². The molecule has 0 saturated carbocycles. The zero-order valence-electron chi connectivity index (χ0n) is 9.19. The zero-order chi connectivity index (χ0) is 11.5. The van der Waals surface area contributed by atoms with Gasteiger partial charge in [-0.15, -0.1) is 0 Å². The Hall–Kier alpha value is -1.10. The van der Waals surface area contributed by atoms with Gasteiger partial charge in [-0.1, -0.05) is 18.2 Å². The molecular weight excluding hydrogens is 224 g/mol. The van der Waals surface area contributed by atoms with E-state index in [0.717, 1.165) is 43.4 Å². The number of aromatic carboxylic acids is 1. The largest absolute Gasteiger partial charge is 0.476 e. The van der Waals surface area contributed by atoms with Crippen LogP contribution in [0.25, 0.3) is 0 Å². The second kappa shape index (κ2) is 4.82. The molecule has 1 N–H and O–H groups in total. The van der Waals surface area contributed by atoms with Crippen LogP contribution in [0.3, 0.4) is 0 Å². The number of aromatic nitrogens is 2. The van der Waals surface area contributed by atoms with E-state index >= 15 is 0 Å². The maximum Gasteiger partial charge on any atom is 0.354 e. The van der Waals surface area contributed by atoms with Gasteiger partial charge < -0.3 is 5.11 Å². The van der Waals surface area contributed by atoms with Crippen LogP contribution in [0.15, 0.2) is 5.16 Å². The zero-order valence-corrected chi connectivity index (χ0v) is 10.0. The molecule has 1 heterocycles. The normalized spacial score (nSPS) is 15.3. The SMILES string of the molecule is CSc1nc2c(c(C(=O)O)n1)CCCCC2. The molecule has 1 aromatic heterocycles. The standard InChI is InChI=1S/C11H14N2O2S/c1-16-11-12-8-6-4-2-3-5-7(8)9(13-11)10(14)15/h2-6H2,1H3,(H,14,15). The van der Waals surface area contributed by atoms with Crippen molar-refractivity contribution in [3.05, 3.63) is 17.0 Å². The van der Waals surface area contributed by atoms with Crippen LogP contribution < -0.4 is 0 Å². The molecule has 1 aliphatic rings. The van der Waals surface area contributed by atoms with Crippen LogP contribution in [0.5, 0.6) is 0 Å². The molecule has 0 aromatic carbocycles. The molecular formula is C11H14N2O2S. The van der Waals surface area contributed by atoms with Gasteiger partial charge in [0.05, 0.1) is 0 Å². The highest BCUT2D eigenvalue weighted by molar-refractivity contribution is 7.98. The summed E-state index contributed by atoms with van der Waals surface area (Å²) >= 11 is 1.39. The van der Waals surface area contributed by atoms with Crippen LogP contribution in [-0.4, -0.2) is 27.3 Å². The van der Waals surface area contributed by atoms with Gasteiger partial charge in [-0.25, -0.2) is 14.8 Å². The van der Waals surface area contributed by atoms with Crippen LogP contribution in [0, 0.1) is 0 Å². The fourth-order valence-corrected chi connectivity index (χ4v) is 2.40. The lowest BCUT2D eigenvalue weighted by atomic mass is 10.1. The lowest BCUT2D eigenvalue weighted by Gasteiger charge is -2.09. The third-order valence-corrected chi connectivity index (χ3v) is 3.35.